The predicted octanol–water partition coefficient (Wildman–Crippen LogP) is 4.82. The average molecular weight is 937 g/mol. The summed E-state index contributed by atoms with van der Waals surface area (Å²) < 4.78 is 17.2. The zero-order valence-corrected chi connectivity index (χ0v) is 42.5. The number of unbranched alkanes of at least 4 members (excludes halogenated alkanes) is 3. The molecule has 0 unspecified atom stereocenters. The molecule has 2 fully saturated rings. The quantitative estimate of drug-likeness (QED) is 0.0819. The van der Waals surface area contributed by atoms with Crippen LogP contribution in [0.2, 0.25) is 0 Å². The molecule has 2 rings (SSSR count). The maximum atomic E-state index is 14.7. The molecule has 1 saturated carbocycles. The van der Waals surface area contributed by atoms with E-state index in [1.807, 2.05) is 6.92 Å². The molecule has 0 radical (unpaired) electrons. The number of amides is 7. The van der Waals surface area contributed by atoms with E-state index in [0.29, 0.717) is 32.1 Å². The molecule has 380 valence electrons. The number of ether oxygens (including phenoxy) is 3. The van der Waals surface area contributed by atoms with Gasteiger partial charge in [-0.05, 0) is 92.4 Å². The Morgan fingerprint density at radius 1 is 0.727 bits per heavy atom. The highest BCUT2D eigenvalue weighted by molar-refractivity contribution is 5.96. The van der Waals surface area contributed by atoms with E-state index < -0.39 is 95.8 Å². The number of likely N-dealkylation sites (N-methyl/N-ethyl adjacent to an activating group) is 1. The minimum absolute atomic E-state index is 0.0538. The number of hydrogen-bond acceptors (Lipinski definition) is 11. The van der Waals surface area contributed by atoms with Crippen LogP contribution in [0.15, 0.2) is 0 Å². The Hall–Kier alpha value is -4.19. The first-order chi connectivity index (χ1) is 30.9. The second kappa shape index (κ2) is 28.9. The molecular formula is C48H88N8O10. The second-order valence-corrected chi connectivity index (χ2v) is 20.7. The van der Waals surface area contributed by atoms with Gasteiger partial charge >= 0.3 is 12.2 Å². The highest BCUT2D eigenvalue weighted by Gasteiger charge is 2.39. The van der Waals surface area contributed by atoms with Gasteiger partial charge in [0.05, 0.1) is 25.2 Å². The molecule has 7 N–H and O–H groups in total. The van der Waals surface area contributed by atoms with Crippen molar-refractivity contribution in [2.24, 2.45) is 17.8 Å². The van der Waals surface area contributed by atoms with Crippen LogP contribution in [0.25, 0.3) is 0 Å². The van der Waals surface area contributed by atoms with E-state index in [-0.39, 0.29) is 44.0 Å². The SMILES string of the molecule is CCCCCC[C@H]1OC[C@@H](C)NC(=O)[C@H](CNCCNC(=O)OC(C)(C)C)NC(=O)[C@H](CNC(=O)OC(C)(C)C)NC(=O)[C@H](C2CCCCCC2)NC(=O)[C@H](CCC(C)C)N(C)C(=O)[C@@H]1C. The Morgan fingerprint density at radius 2 is 1.30 bits per heavy atom. The zero-order chi connectivity index (χ0) is 49.6. The van der Waals surface area contributed by atoms with Crippen molar-refractivity contribution < 1.29 is 47.8 Å². The van der Waals surface area contributed by atoms with Crippen molar-refractivity contribution in [1.82, 2.24) is 42.1 Å². The lowest BCUT2D eigenvalue weighted by Crippen LogP contribution is -2.63. The summed E-state index contributed by atoms with van der Waals surface area (Å²) in [7, 11) is 1.63. The van der Waals surface area contributed by atoms with E-state index in [1.165, 1.54) is 4.90 Å². The zero-order valence-electron chi connectivity index (χ0n) is 42.5. The van der Waals surface area contributed by atoms with Crippen LogP contribution in [0.3, 0.4) is 0 Å². The van der Waals surface area contributed by atoms with Crippen molar-refractivity contribution in [2.75, 3.05) is 39.8 Å². The number of alkyl carbamates (subject to hydrolysis) is 2. The second-order valence-electron chi connectivity index (χ2n) is 20.7. The summed E-state index contributed by atoms with van der Waals surface area (Å²) in [5.41, 5.74) is -1.55. The molecule has 7 amide bonds. The predicted molar refractivity (Wildman–Crippen MR) is 254 cm³/mol. The minimum Gasteiger partial charge on any atom is -0.444 e. The molecule has 7 atom stereocenters. The fourth-order valence-corrected chi connectivity index (χ4v) is 8.09. The van der Waals surface area contributed by atoms with Crippen LogP contribution in [0.1, 0.15) is 160 Å². The van der Waals surface area contributed by atoms with Crippen molar-refractivity contribution in [2.45, 2.75) is 207 Å². The molecule has 0 spiro atoms. The van der Waals surface area contributed by atoms with Gasteiger partial charge in [0, 0.05) is 32.7 Å². The van der Waals surface area contributed by atoms with Gasteiger partial charge in [0.2, 0.25) is 29.5 Å². The van der Waals surface area contributed by atoms with Crippen LogP contribution in [-0.2, 0) is 38.2 Å². The van der Waals surface area contributed by atoms with Crippen molar-refractivity contribution in [3.05, 3.63) is 0 Å². The fraction of sp³-hybridized carbons (Fsp3) is 0.854. The number of carbonyl (C=O) groups is 7. The van der Waals surface area contributed by atoms with Gasteiger partial charge in [-0.3, -0.25) is 24.0 Å². The standard InChI is InChI=1S/C48H88N8O10/c1-13-14-15-20-23-38-33(5)44(61)56(12)37(25-24-31(2)3)42(59)55-39(34-21-18-16-17-19-22-34)43(60)54-36(29-51-46(63)66-48(9,10)11)41(58)53-35(40(57)52-32(4)30-64-38)28-49-26-27-50-45(62)65-47(6,7)8/h31-39,49H,13-30H2,1-12H3,(H,50,62)(H,51,63)(H,52,57)(H,53,58)(H,54,60)(H,55,59)/t32-,33-,35+,36+,37+,38-,39+/m1/s1. The third kappa shape index (κ3) is 22.5. The average Bonchev–Trinajstić information content (AvgIpc) is 3.50. The maximum absolute atomic E-state index is 14.7. The lowest BCUT2D eigenvalue weighted by Gasteiger charge is -2.35. The first-order valence-corrected chi connectivity index (χ1v) is 24.7. The van der Waals surface area contributed by atoms with Gasteiger partial charge in [-0.2, -0.15) is 0 Å². The van der Waals surface area contributed by atoms with Gasteiger partial charge < -0.3 is 56.3 Å². The molecular weight excluding hydrogens is 849 g/mol. The first-order valence-electron chi connectivity index (χ1n) is 24.7. The van der Waals surface area contributed by atoms with E-state index in [1.54, 1.807) is 55.5 Å². The summed E-state index contributed by atoms with van der Waals surface area (Å²) in [5.74, 6) is -3.39. The van der Waals surface area contributed by atoms with E-state index in [4.69, 9.17) is 14.2 Å². The summed E-state index contributed by atoms with van der Waals surface area (Å²) >= 11 is 0. The first kappa shape index (κ1) is 57.9. The van der Waals surface area contributed by atoms with Gasteiger partial charge in [-0.25, -0.2) is 9.59 Å². The normalized spacial score (nSPS) is 25.3. The molecule has 1 aliphatic heterocycles. The number of nitrogens with one attached hydrogen (secondary N) is 7. The number of nitrogens with zero attached hydrogens (tertiary/aromatic N) is 1. The third-order valence-electron chi connectivity index (χ3n) is 11.8. The molecule has 0 aromatic heterocycles. The molecule has 18 heteroatoms. The molecule has 1 aliphatic carbocycles. The topological polar surface area (TPSA) is 235 Å². The molecule has 18 nitrogen and oxygen atoms in total. The fourth-order valence-electron chi connectivity index (χ4n) is 8.09. The number of carbonyl (C=O) groups excluding carboxylic acids is 7. The van der Waals surface area contributed by atoms with Crippen molar-refractivity contribution in [3.8, 4) is 0 Å². The summed E-state index contributed by atoms with van der Waals surface area (Å²) in [6, 6.07) is -5.17. The Bertz CT molecular complexity index is 1540. The van der Waals surface area contributed by atoms with Crippen LogP contribution in [-0.4, -0.2) is 134 Å². The summed E-state index contributed by atoms with van der Waals surface area (Å²) in [6.45, 7) is 20.1. The van der Waals surface area contributed by atoms with Crippen molar-refractivity contribution in [1.29, 1.82) is 0 Å². The van der Waals surface area contributed by atoms with Crippen LogP contribution in [0.5, 0.6) is 0 Å². The minimum atomic E-state index is -1.42. The molecule has 2 aliphatic rings. The smallest absolute Gasteiger partial charge is 0.407 e. The monoisotopic (exact) mass is 937 g/mol. The van der Waals surface area contributed by atoms with Gasteiger partial charge in [0.1, 0.15) is 35.4 Å². The van der Waals surface area contributed by atoms with E-state index in [2.05, 4.69) is 58.0 Å². The number of rotatable bonds is 16. The van der Waals surface area contributed by atoms with Crippen LogP contribution >= 0.6 is 0 Å². The lowest BCUT2D eigenvalue weighted by molar-refractivity contribution is -0.147. The summed E-state index contributed by atoms with van der Waals surface area (Å²) in [4.78, 5) is 99.0. The van der Waals surface area contributed by atoms with Gasteiger partial charge in [0.15, 0.2) is 0 Å². The van der Waals surface area contributed by atoms with Crippen LogP contribution in [0.4, 0.5) is 9.59 Å². The maximum Gasteiger partial charge on any atom is 0.407 e. The van der Waals surface area contributed by atoms with Crippen molar-refractivity contribution in [3.63, 3.8) is 0 Å². The highest BCUT2D eigenvalue weighted by atomic mass is 16.6. The van der Waals surface area contributed by atoms with Crippen LogP contribution in [0, 0.1) is 17.8 Å². The lowest BCUT2D eigenvalue weighted by atomic mass is 9.90. The Kier molecular flexibility index (Phi) is 25.3. The molecule has 66 heavy (non-hydrogen) atoms. The largest absolute Gasteiger partial charge is 0.444 e. The molecule has 1 saturated heterocycles. The molecule has 1 heterocycles. The van der Waals surface area contributed by atoms with E-state index in [9.17, 15) is 33.6 Å². The van der Waals surface area contributed by atoms with Crippen LogP contribution < -0.4 is 37.2 Å². The summed E-state index contributed by atoms with van der Waals surface area (Å²) in [5, 5.41) is 19.9. The van der Waals surface area contributed by atoms with E-state index in [0.717, 1.165) is 51.4 Å². The van der Waals surface area contributed by atoms with E-state index >= 15 is 0 Å². The molecule has 0 bridgehead atoms. The van der Waals surface area contributed by atoms with Gasteiger partial charge in [-0.15, -0.1) is 0 Å². The van der Waals surface area contributed by atoms with Gasteiger partial charge in [0.25, 0.3) is 0 Å². The third-order valence-corrected chi connectivity index (χ3v) is 11.8. The molecule has 0 aromatic rings. The molecule has 0 aromatic carbocycles. The highest BCUT2D eigenvalue weighted by Crippen LogP contribution is 2.27. The van der Waals surface area contributed by atoms with Gasteiger partial charge in [-0.1, -0.05) is 79.1 Å². The summed E-state index contributed by atoms with van der Waals surface area (Å²) in [6.07, 6.45) is 8.43. The Morgan fingerprint density at radius 3 is 1.89 bits per heavy atom. The Balaban J connectivity index is 2.66. The number of hydrogen-bond donors (Lipinski definition) is 7. The van der Waals surface area contributed by atoms with Crippen molar-refractivity contribution >= 4 is 41.7 Å². The Labute approximate surface area is 395 Å².